The van der Waals surface area contributed by atoms with Gasteiger partial charge in [-0.15, -0.1) is 0 Å². The lowest BCUT2D eigenvalue weighted by atomic mass is 9.96. The molecule has 0 fully saturated rings. The number of nitrogens with two attached hydrogens (primary N) is 1. The zero-order valence-electron chi connectivity index (χ0n) is 12.7. The van der Waals surface area contributed by atoms with Crippen LogP contribution in [0.25, 0.3) is 0 Å². The zero-order chi connectivity index (χ0) is 15.8. The van der Waals surface area contributed by atoms with Crippen molar-refractivity contribution in [1.82, 2.24) is 5.32 Å². The Morgan fingerprint density at radius 1 is 1.33 bits per heavy atom. The smallest absolute Gasteiger partial charge is 0.220 e. The van der Waals surface area contributed by atoms with Crippen molar-refractivity contribution in [2.75, 3.05) is 6.54 Å². The zero-order valence-corrected chi connectivity index (χ0v) is 14.2. The molecular formula is C16H24Cl2N2O. The van der Waals surface area contributed by atoms with E-state index in [1.807, 2.05) is 13.0 Å². The first-order chi connectivity index (χ1) is 9.97. The maximum atomic E-state index is 12.0. The van der Waals surface area contributed by atoms with Crippen molar-refractivity contribution in [1.29, 1.82) is 0 Å². The molecule has 0 aliphatic heterocycles. The summed E-state index contributed by atoms with van der Waals surface area (Å²) in [6, 6.07) is 5.19. The predicted octanol–water partition coefficient (Wildman–Crippen LogP) is 4.33. The van der Waals surface area contributed by atoms with E-state index in [1.165, 1.54) is 0 Å². The predicted molar refractivity (Wildman–Crippen MR) is 89.7 cm³/mol. The Bertz CT molecular complexity index is 466. The van der Waals surface area contributed by atoms with Gasteiger partial charge in [0.2, 0.25) is 5.91 Å². The maximum absolute atomic E-state index is 12.0. The van der Waals surface area contributed by atoms with Crippen molar-refractivity contribution in [3.05, 3.63) is 33.8 Å². The average Bonchev–Trinajstić information content (AvgIpc) is 2.43. The van der Waals surface area contributed by atoms with Gasteiger partial charge < -0.3 is 11.1 Å². The number of rotatable bonds is 8. The lowest BCUT2D eigenvalue weighted by Crippen LogP contribution is -2.27. The van der Waals surface area contributed by atoms with Crippen LogP contribution in [0.3, 0.4) is 0 Å². The number of carbonyl (C=O) groups excluding carboxylic acids is 1. The number of nitrogens with one attached hydrogen (secondary N) is 1. The summed E-state index contributed by atoms with van der Waals surface area (Å²) in [6.07, 6.45) is 3.43. The van der Waals surface area contributed by atoms with Gasteiger partial charge in [0.25, 0.3) is 0 Å². The van der Waals surface area contributed by atoms with Crippen LogP contribution in [0.15, 0.2) is 18.2 Å². The van der Waals surface area contributed by atoms with E-state index in [4.69, 9.17) is 28.9 Å². The molecular weight excluding hydrogens is 307 g/mol. The fourth-order valence-corrected chi connectivity index (χ4v) is 2.94. The van der Waals surface area contributed by atoms with Gasteiger partial charge in [0.15, 0.2) is 0 Å². The van der Waals surface area contributed by atoms with Gasteiger partial charge in [0, 0.05) is 16.5 Å². The fraction of sp³-hybridized carbons (Fsp3) is 0.562. The van der Waals surface area contributed by atoms with Crippen LogP contribution in [-0.4, -0.2) is 12.5 Å². The summed E-state index contributed by atoms with van der Waals surface area (Å²) in [7, 11) is 0. The molecule has 1 aromatic carbocycles. The highest BCUT2D eigenvalue weighted by Gasteiger charge is 2.14. The molecule has 1 rings (SSSR count). The van der Waals surface area contributed by atoms with Crippen LogP contribution >= 0.6 is 23.2 Å². The third-order valence-electron chi connectivity index (χ3n) is 3.74. The third kappa shape index (κ3) is 6.25. The van der Waals surface area contributed by atoms with Crippen LogP contribution in [0.5, 0.6) is 0 Å². The van der Waals surface area contributed by atoms with Gasteiger partial charge in [-0.25, -0.2) is 0 Å². The highest BCUT2D eigenvalue weighted by Crippen LogP contribution is 2.26. The van der Waals surface area contributed by atoms with Crippen LogP contribution in [-0.2, 0) is 4.79 Å². The highest BCUT2D eigenvalue weighted by atomic mass is 35.5. The molecule has 0 heterocycles. The normalized spacial score (nSPS) is 13.8. The summed E-state index contributed by atoms with van der Waals surface area (Å²) in [6.45, 7) is 4.73. The van der Waals surface area contributed by atoms with Crippen LogP contribution in [0.1, 0.15) is 51.1 Å². The fourth-order valence-electron chi connectivity index (χ4n) is 2.37. The quantitative estimate of drug-likeness (QED) is 0.745. The third-order valence-corrected chi connectivity index (χ3v) is 4.30. The minimum absolute atomic E-state index is 0.0454. The topological polar surface area (TPSA) is 55.1 Å². The van der Waals surface area contributed by atoms with E-state index < -0.39 is 0 Å². The number of benzene rings is 1. The van der Waals surface area contributed by atoms with E-state index in [1.54, 1.807) is 12.1 Å². The molecule has 21 heavy (non-hydrogen) atoms. The SMILES string of the molecule is CCC(CCN)CCC(=O)NC(C)c1ccc(Cl)cc1Cl. The van der Waals surface area contributed by atoms with Gasteiger partial charge in [0.1, 0.15) is 0 Å². The minimum Gasteiger partial charge on any atom is -0.350 e. The van der Waals surface area contributed by atoms with Gasteiger partial charge in [-0.05, 0) is 49.9 Å². The first-order valence-electron chi connectivity index (χ1n) is 7.42. The van der Waals surface area contributed by atoms with Gasteiger partial charge in [-0.2, -0.15) is 0 Å². The van der Waals surface area contributed by atoms with Crippen molar-refractivity contribution in [2.24, 2.45) is 11.7 Å². The Labute approximate surface area is 137 Å². The molecule has 2 unspecified atom stereocenters. The Kier molecular flexibility index (Phi) is 8.09. The number of halogens is 2. The molecule has 0 aliphatic carbocycles. The molecule has 2 atom stereocenters. The van der Waals surface area contributed by atoms with Crippen molar-refractivity contribution >= 4 is 29.1 Å². The van der Waals surface area contributed by atoms with Crippen molar-refractivity contribution in [3.8, 4) is 0 Å². The number of carbonyl (C=O) groups is 1. The van der Waals surface area contributed by atoms with E-state index in [-0.39, 0.29) is 11.9 Å². The summed E-state index contributed by atoms with van der Waals surface area (Å²) in [5.74, 6) is 0.569. The number of hydrogen-bond donors (Lipinski definition) is 2. The lowest BCUT2D eigenvalue weighted by Gasteiger charge is -2.17. The van der Waals surface area contributed by atoms with Crippen molar-refractivity contribution in [2.45, 2.75) is 45.6 Å². The lowest BCUT2D eigenvalue weighted by molar-refractivity contribution is -0.122. The van der Waals surface area contributed by atoms with E-state index in [0.29, 0.717) is 28.9 Å². The van der Waals surface area contributed by atoms with Gasteiger partial charge in [0.05, 0.1) is 6.04 Å². The standard InChI is InChI=1S/C16H24Cl2N2O/c1-3-12(8-9-19)4-7-16(21)20-11(2)14-6-5-13(17)10-15(14)18/h5-6,10-12H,3-4,7-9,19H2,1-2H3,(H,20,21). The molecule has 0 saturated carbocycles. The van der Waals surface area contributed by atoms with Crippen molar-refractivity contribution in [3.63, 3.8) is 0 Å². The second kappa shape index (κ2) is 9.29. The molecule has 3 nitrogen and oxygen atoms in total. The molecule has 0 spiro atoms. The molecule has 118 valence electrons. The Morgan fingerprint density at radius 3 is 2.62 bits per heavy atom. The van der Waals surface area contributed by atoms with Gasteiger partial charge in [-0.1, -0.05) is 42.6 Å². The molecule has 0 aromatic heterocycles. The first kappa shape index (κ1) is 18.3. The average molecular weight is 331 g/mol. The highest BCUT2D eigenvalue weighted by molar-refractivity contribution is 6.35. The maximum Gasteiger partial charge on any atom is 0.220 e. The van der Waals surface area contributed by atoms with E-state index in [9.17, 15) is 4.79 Å². The molecule has 1 aromatic rings. The molecule has 1 amide bonds. The van der Waals surface area contributed by atoms with E-state index in [2.05, 4.69) is 12.2 Å². The molecule has 0 saturated heterocycles. The van der Waals surface area contributed by atoms with Gasteiger partial charge in [-0.3, -0.25) is 4.79 Å². The minimum atomic E-state index is -0.128. The van der Waals surface area contributed by atoms with Crippen LogP contribution < -0.4 is 11.1 Å². The largest absolute Gasteiger partial charge is 0.350 e. The van der Waals surface area contributed by atoms with Crippen LogP contribution in [0.2, 0.25) is 10.0 Å². The molecule has 5 heteroatoms. The summed E-state index contributed by atoms with van der Waals surface area (Å²) in [5, 5.41) is 4.15. The molecule has 0 aliphatic rings. The molecule has 0 radical (unpaired) electrons. The summed E-state index contributed by atoms with van der Waals surface area (Å²) >= 11 is 12.0. The van der Waals surface area contributed by atoms with Crippen molar-refractivity contribution < 1.29 is 4.79 Å². The second-order valence-electron chi connectivity index (χ2n) is 5.35. The summed E-state index contributed by atoms with van der Waals surface area (Å²) in [4.78, 5) is 12.0. The monoisotopic (exact) mass is 330 g/mol. The Morgan fingerprint density at radius 2 is 2.05 bits per heavy atom. The summed E-state index contributed by atoms with van der Waals surface area (Å²) in [5.41, 5.74) is 6.45. The van der Waals surface area contributed by atoms with Crippen LogP contribution in [0, 0.1) is 5.92 Å². The van der Waals surface area contributed by atoms with Gasteiger partial charge >= 0.3 is 0 Å². The Hall–Kier alpha value is -0.770. The van der Waals surface area contributed by atoms with Crippen LogP contribution in [0.4, 0.5) is 0 Å². The summed E-state index contributed by atoms with van der Waals surface area (Å²) < 4.78 is 0. The number of hydrogen-bond acceptors (Lipinski definition) is 2. The molecule has 3 N–H and O–H groups in total. The van der Waals surface area contributed by atoms with E-state index >= 15 is 0 Å². The second-order valence-corrected chi connectivity index (χ2v) is 6.19. The molecule has 0 bridgehead atoms. The first-order valence-corrected chi connectivity index (χ1v) is 8.17. The van der Waals surface area contributed by atoms with E-state index in [0.717, 1.165) is 24.8 Å². The number of amides is 1. The Balaban J connectivity index is 2.50.